The Morgan fingerprint density at radius 3 is 1.50 bits per heavy atom. The molecule has 0 radical (unpaired) electrons. The molecule has 2 rings (SSSR count). The van der Waals surface area contributed by atoms with Crippen LogP contribution in [0.15, 0.2) is 78.9 Å². The Morgan fingerprint density at radius 1 is 0.519 bits per heavy atom. The Kier molecular flexibility index (Phi) is 33.6. The van der Waals surface area contributed by atoms with E-state index in [1.807, 2.05) is 0 Å². The van der Waals surface area contributed by atoms with Crippen LogP contribution in [-0.4, -0.2) is 63.5 Å². The number of rotatable bonds is 37. The van der Waals surface area contributed by atoms with Crippen LogP contribution in [0.4, 0.5) is 5.69 Å². The molecule has 0 spiro atoms. The van der Waals surface area contributed by atoms with Gasteiger partial charge in [-0.05, 0) is 95.6 Å². The topological polar surface area (TPSA) is 24.9 Å². The third kappa shape index (κ3) is 29.2. The molecule has 1 atom stereocenters. The largest absolute Gasteiger partial charge is 0.379 e. The summed E-state index contributed by atoms with van der Waals surface area (Å²) in [6, 6.07) is 10.9. The Balaban J connectivity index is 1.53. The van der Waals surface area contributed by atoms with E-state index in [1.54, 1.807) is 0 Å². The first-order chi connectivity index (χ1) is 26.8. The van der Waals surface area contributed by atoms with Gasteiger partial charge in [0.25, 0.3) is 0 Å². The Morgan fingerprint density at radius 2 is 0.981 bits per heavy atom. The second kappa shape index (κ2) is 37.8. The van der Waals surface area contributed by atoms with E-state index in [2.05, 4.69) is 103 Å². The number of piperazine rings is 1. The zero-order chi connectivity index (χ0) is 38.3. The molecular formula is C50H86N2O2. The maximum absolute atomic E-state index is 6.49. The van der Waals surface area contributed by atoms with Gasteiger partial charge >= 0.3 is 0 Å². The number of unbranched alkanes of at least 4 members (excludes halogenated alkanes) is 18. The van der Waals surface area contributed by atoms with E-state index in [-0.39, 0.29) is 6.10 Å². The third-order valence-corrected chi connectivity index (χ3v) is 10.8. The zero-order valence-corrected chi connectivity index (χ0v) is 35.6. The minimum absolute atomic E-state index is 0.208. The first kappa shape index (κ1) is 48.0. The second-order valence-corrected chi connectivity index (χ2v) is 15.7. The monoisotopic (exact) mass is 747 g/mol. The van der Waals surface area contributed by atoms with Crippen LogP contribution in [0.3, 0.4) is 0 Å². The molecule has 0 amide bonds. The van der Waals surface area contributed by atoms with E-state index in [1.165, 1.54) is 147 Å². The lowest BCUT2D eigenvalue weighted by molar-refractivity contribution is -0.0264. The molecule has 1 saturated heterocycles. The zero-order valence-electron chi connectivity index (χ0n) is 35.6. The third-order valence-electron chi connectivity index (χ3n) is 10.8. The normalized spacial score (nSPS) is 14.9. The molecule has 1 fully saturated rings. The van der Waals surface area contributed by atoms with Gasteiger partial charge in [0.15, 0.2) is 0 Å². The van der Waals surface area contributed by atoms with Crippen LogP contribution in [0.2, 0.25) is 0 Å². The van der Waals surface area contributed by atoms with Crippen molar-refractivity contribution < 1.29 is 9.47 Å². The van der Waals surface area contributed by atoms with Crippen molar-refractivity contribution in [2.24, 2.45) is 0 Å². The fraction of sp³-hybridized carbons (Fsp3) is 0.720. The smallest absolute Gasteiger partial charge is 0.0820 e. The minimum Gasteiger partial charge on any atom is -0.379 e. The highest BCUT2D eigenvalue weighted by atomic mass is 16.5. The number of nitrogens with zero attached hydrogens (tertiary/aromatic N) is 2. The SMILES string of the molecule is CCCCCC=CCC=CCCCCCCCCOCC(CCN1CCN(c2ccccc2)CC1)OCCCCCCCCC=CCC=CCCCCC. The summed E-state index contributed by atoms with van der Waals surface area (Å²) in [5.74, 6) is 0. The first-order valence-corrected chi connectivity index (χ1v) is 23.1. The van der Waals surface area contributed by atoms with Gasteiger partial charge in [-0.15, -0.1) is 0 Å². The van der Waals surface area contributed by atoms with Crippen LogP contribution in [0.1, 0.15) is 174 Å². The van der Waals surface area contributed by atoms with Crippen molar-refractivity contribution in [3.8, 4) is 0 Å². The van der Waals surface area contributed by atoms with Crippen LogP contribution in [-0.2, 0) is 9.47 Å². The van der Waals surface area contributed by atoms with Crippen molar-refractivity contribution in [1.29, 1.82) is 0 Å². The van der Waals surface area contributed by atoms with E-state index in [4.69, 9.17) is 9.47 Å². The van der Waals surface area contributed by atoms with Gasteiger partial charge in [-0.3, -0.25) is 4.90 Å². The molecule has 308 valence electrons. The fourth-order valence-electron chi connectivity index (χ4n) is 7.16. The summed E-state index contributed by atoms with van der Waals surface area (Å²) < 4.78 is 12.7. The molecule has 1 aliphatic heterocycles. The Hall–Kier alpha value is -2.14. The summed E-state index contributed by atoms with van der Waals surface area (Å²) in [6.07, 6.45) is 50.8. The molecule has 0 aliphatic carbocycles. The molecule has 1 heterocycles. The number of ether oxygens (including phenoxy) is 2. The minimum atomic E-state index is 0.208. The van der Waals surface area contributed by atoms with Crippen molar-refractivity contribution in [3.63, 3.8) is 0 Å². The van der Waals surface area contributed by atoms with E-state index in [0.717, 1.165) is 71.8 Å². The maximum Gasteiger partial charge on any atom is 0.0820 e. The maximum atomic E-state index is 6.49. The number of para-hydroxylation sites is 1. The van der Waals surface area contributed by atoms with Crippen molar-refractivity contribution in [2.75, 3.05) is 57.4 Å². The van der Waals surface area contributed by atoms with Crippen LogP contribution < -0.4 is 4.90 Å². The van der Waals surface area contributed by atoms with Gasteiger partial charge in [0.05, 0.1) is 12.7 Å². The van der Waals surface area contributed by atoms with Crippen molar-refractivity contribution in [3.05, 3.63) is 78.9 Å². The fourth-order valence-corrected chi connectivity index (χ4v) is 7.16. The lowest BCUT2D eigenvalue weighted by Gasteiger charge is -2.36. The predicted molar refractivity (Wildman–Crippen MR) is 239 cm³/mol. The molecule has 4 nitrogen and oxygen atoms in total. The van der Waals surface area contributed by atoms with Crippen LogP contribution in [0.5, 0.6) is 0 Å². The standard InChI is InChI=1S/C50H86N2O2/c1-3-5-7-9-11-13-15-17-19-21-23-25-27-29-31-36-46-53-48-50(40-41-51-42-44-52(45-43-51)49-38-34-33-35-39-49)54-47-37-32-30-28-26-24-22-20-18-16-14-12-10-8-6-4-2/h11-14,17-20,33-35,38-39,50H,3-10,15-16,21-32,36-37,40-48H2,1-2H3. The molecule has 1 aromatic carbocycles. The molecule has 0 bridgehead atoms. The van der Waals surface area contributed by atoms with Crippen molar-refractivity contribution >= 4 is 5.69 Å². The quantitative estimate of drug-likeness (QED) is 0.0500. The first-order valence-electron chi connectivity index (χ1n) is 23.1. The second-order valence-electron chi connectivity index (χ2n) is 15.7. The molecular weight excluding hydrogens is 661 g/mol. The molecule has 54 heavy (non-hydrogen) atoms. The molecule has 0 aromatic heterocycles. The van der Waals surface area contributed by atoms with Crippen LogP contribution >= 0.6 is 0 Å². The van der Waals surface area contributed by atoms with Crippen LogP contribution in [0.25, 0.3) is 0 Å². The van der Waals surface area contributed by atoms with E-state index in [0.29, 0.717) is 0 Å². The number of anilines is 1. The van der Waals surface area contributed by atoms with Gasteiger partial charge in [0.2, 0.25) is 0 Å². The van der Waals surface area contributed by atoms with E-state index in [9.17, 15) is 0 Å². The van der Waals surface area contributed by atoms with E-state index < -0.39 is 0 Å². The number of hydrogen-bond acceptors (Lipinski definition) is 4. The van der Waals surface area contributed by atoms with Gasteiger partial charge in [-0.1, -0.05) is 158 Å². The Bertz CT molecular complexity index is 1030. The summed E-state index contributed by atoms with van der Waals surface area (Å²) in [5.41, 5.74) is 1.35. The average Bonchev–Trinajstić information content (AvgIpc) is 3.20. The number of hydrogen-bond donors (Lipinski definition) is 0. The predicted octanol–water partition coefficient (Wildman–Crippen LogP) is 14.2. The average molecular weight is 747 g/mol. The number of benzene rings is 1. The highest BCUT2D eigenvalue weighted by Crippen LogP contribution is 2.17. The van der Waals surface area contributed by atoms with E-state index >= 15 is 0 Å². The number of allylic oxidation sites excluding steroid dienone is 8. The summed E-state index contributed by atoms with van der Waals surface area (Å²) in [6.45, 7) is 12.6. The Labute approximate surface area is 335 Å². The molecule has 1 aliphatic rings. The molecule has 1 aromatic rings. The molecule has 4 heteroatoms. The molecule has 0 saturated carbocycles. The van der Waals surface area contributed by atoms with Gasteiger partial charge in [0, 0.05) is 51.6 Å². The lowest BCUT2D eigenvalue weighted by Crippen LogP contribution is -2.47. The van der Waals surface area contributed by atoms with Crippen molar-refractivity contribution in [2.45, 2.75) is 180 Å². The highest BCUT2D eigenvalue weighted by molar-refractivity contribution is 5.46. The van der Waals surface area contributed by atoms with Gasteiger partial charge < -0.3 is 14.4 Å². The highest BCUT2D eigenvalue weighted by Gasteiger charge is 2.19. The van der Waals surface area contributed by atoms with Crippen molar-refractivity contribution in [1.82, 2.24) is 4.90 Å². The van der Waals surface area contributed by atoms with Gasteiger partial charge in [-0.2, -0.15) is 0 Å². The molecule has 0 N–H and O–H groups in total. The summed E-state index contributed by atoms with van der Waals surface area (Å²) >= 11 is 0. The summed E-state index contributed by atoms with van der Waals surface area (Å²) in [7, 11) is 0. The molecule has 1 unspecified atom stereocenters. The van der Waals surface area contributed by atoms with Gasteiger partial charge in [0.1, 0.15) is 0 Å². The van der Waals surface area contributed by atoms with Crippen LogP contribution in [0, 0.1) is 0 Å². The van der Waals surface area contributed by atoms with Gasteiger partial charge in [-0.25, -0.2) is 0 Å². The summed E-state index contributed by atoms with van der Waals surface area (Å²) in [4.78, 5) is 5.14. The lowest BCUT2D eigenvalue weighted by atomic mass is 10.1. The summed E-state index contributed by atoms with van der Waals surface area (Å²) in [5, 5.41) is 0.